The van der Waals surface area contributed by atoms with Gasteiger partial charge in [-0.05, 0) is 26.0 Å². The van der Waals surface area contributed by atoms with Gasteiger partial charge in [0.2, 0.25) is 0 Å². The largest absolute Gasteiger partial charge is 0.274 e. The zero-order valence-corrected chi connectivity index (χ0v) is 10.9. The van der Waals surface area contributed by atoms with Crippen molar-refractivity contribution in [3.63, 3.8) is 0 Å². The third-order valence-electron chi connectivity index (χ3n) is 2.05. The zero-order valence-electron chi connectivity index (χ0n) is 10.1. The van der Waals surface area contributed by atoms with Crippen molar-refractivity contribution in [3.05, 3.63) is 34.4 Å². The first-order valence-electron chi connectivity index (χ1n) is 5.37. The summed E-state index contributed by atoms with van der Waals surface area (Å²) < 4.78 is 0. The molecule has 18 heavy (non-hydrogen) atoms. The molecule has 0 saturated carbocycles. The fourth-order valence-electron chi connectivity index (χ4n) is 1.13. The highest BCUT2D eigenvalue weighted by Gasteiger charge is 2.14. The molecule has 0 saturated heterocycles. The monoisotopic (exact) mass is 270 g/mol. The molecule has 7 heteroatoms. The molecule has 0 bridgehead atoms. The van der Waals surface area contributed by atoms with E-state index in [1.54, 1.807) is 26.0 Å². The van der Waals surface area contributed by atoms with Gasteiger partial charge >= 0.3 is 0 Å². The second-order valence-corrected chi connectivity index (χ2v) is 4.82. The summed E-state index contributed by atoms with van der Waals surface area (Å²) in [5.74, 6) is -0.236. The molecular weight excluding hydrogens is 256 g/mol. The second-order valence-electron chi connectivity index (χ2n) is 3.41. The lowest BCUT2D eigenvalue weighted by Gasteiger charge is -2.10. The van der Waals surface area contributed by atoms with Crippen molar-refractivity contribution in [2.75, 3.05) is 6.61 Å². The summed E-state index contributed by atoms with van der Waals surface area (Å²) >= 11 is 1.31. The molecule has 1 N–H and O–H groups in total. The van der Waals surface area contributed by atoms with Crippen molar-refractivity contribution in [1.29, 1.82) is 0 Å². The van der Waals surface area contributed by atoms with Crippen LogP contribution in [0.2, 0.25) is 0 Å². The molecule has 0 aliphatic heterocycles. The average molecular weight is 270 g/mol. The number of hydrogen-bond acceptors (Lipinski definition) is 5. The van der Waals surface area contributed by atoms with Gasteiger partial charge in [0.15, 0.2) is 0 Å². The second kappa shape index (κ2) is 6.97. The Balaban J connectivity index is 2.56. The van der Waals surface area contributed by atoms with Crippen LogP contribution in [0.25, 0.3) is 0 Å². The minimum absolute atomic E-state index is 0.0331. The van der Waals surface area contributed by atoms with Crippen molar-refractivity contribution in [3.8, 4) is 0 Å². The van der Waals surface area contributed by atoms with Crippen LogP contribution in [0.4, 0.5) is 5.69 Å². The fraction of sp³-hybridized carbons (Fsp3) is 0.364. The van der Waals surface area contributed by atoms with E-state index >= 15 is 0 Å². The van der Waals surface area contributed by atoms with E-state index in [1.807, 2.05) is 0 Å². The van der Waals surface area contributed by atoms with Gasteiger partial charge < -0.3 is 0 Å². The first-order valence-corrected chi connectivity index (χ1v) is 6.25. The van der Waals surface area contributed by atoms with Crippen molar-refractivity contribution < 1.29 is 14.6 Å². The molecule has 0 aliphatic rings. The fourth-order valence-corrected chi connectivity index (χ4v) is 1.99. The van der Waals surface area contributed by atoms with Gasteiger partial charge in [0, 0.05) is 17.0 Å². The molecule has 1 amide bonds. The lowest BCUT2D eigenvalue weighted by Crippen LogP contribution is -2.30. The number of nitro benzene ring substituents is 1. The van der Waals surface area contributed by atoms with Gasteiger partial charge in [-0.1, -0.05) is 0 Å². The minimum atomic E-state index is -0.459. The van der Waals surface area contributed by atoms with E-state index in [0.29, 0.717) is 6.61 Å². The van der Waals surface area contributed by atoms with Crippen LogP contribution in [-0.2, 0) is 9.63 Å². The SMILES string of the molecule is CCONC(=O)[C@@H](C)Sc1ccc([N+](=O)[O-])cc1. The van der Waals surface area contributed by atoms with E-state index in [2.05, 4.69) is 5.48 Å². The Morgan fingerprint density at radius 1 is 1.50 bits per heavy atom. The normalized spacial score (nSPS) is 11.9. The summed E-state index contributed by atoms with van der Waals surface area (Å²) in [4.78, 5) is 27.1. The summed E-state index contributed by atoms with van der Waals surface area (Å²) in [5.41, 5.74) is 2.35. The van der Waals surface area contributed by atoms with Crippen molar-refractivity contribution in [2.45, 2.75) is 24.0 Å². The standard InChI is InChI=1S/C11H14N2O4S/c1-3-17-12-11(14)8(2)18-10-6-4-9(5-7-10)13(15)16/h4-8H,3H2,1-2H3,(H,12,14)/t8-/m1/s1. The Hall–Kier alpha value is -1.60. The molecule has 98 valence electrons. The molecule has 1 aromatic carbocycles. The van der Waals surface area contributed by atoms with Crippen LogP contribution < -0.4 is 5.48 Å². The first-order chi connectivity index (χ1) is 8.54. The van der Waals surface area contributed by atoms with Crippen molar-refractivity contribution >= 4 is 23.4 Å². The molecule has 6 nitrogen and oxygen atoms in total. The van der Waals surface area contributed by atoms with Crippen LogP contribution in [0.1, 0.15) is 13.8 Å². The lowest BCUT2D eigenvalue weighted by atomic mass is 10.3. The number of nitrogens with one attached hydrogen (secondary N) is 1. The van der Waals surface area contributed by atoms with Crippen LogP contribution in [0, 0.1) is 10.1 Å². The number of nitrogens with zero attached hydrogens (tertiary/aromatic N) is 1. The highest BCUT2D eigenvalue weighted by molar-refractivity contribution is 8.00. The Bertz CT molecular complexity index is 422. The van der Waals surface area contributed by atoms with Crippen LogP contribution in [0.3, 0.4) is 0 Å². The lowest BCUT2D eigenvalue weighted by molar-refractivity contribution is -0.384. The molecule has 1 aromatic rings. The molecule has 0 heterocycles. The number of benzene rings is 1. The summed E-state index contributed by atoms with van der Waals surface area (Å²) in [7, 11) is 0. The van der Waals surface area contributed by atoms with Gasteiger partial charge in [0.25, 0.3) is 11.6 Å². The van der Waals surface area contributed by atoms with Gasteiger partial charge in [-0.15, -0.1) is 11.8 Å². The minimum Gasteiger partial charge on any atom is -0.274 e. The molecule has 0 aromatic heterocycles. The molecule has 0 fully saturated rings. The van der Waals surface area contributed by atoms with Crippen molar-refractivity contribution in [1.82, 2.24) is 5.48 Å². The van der Waals surface area contributed by atoms with E-state index in [1.165, 1.54) is 23.9 Å². The van der Waals surface area contributed by atoms with Crippen LogP contribution in [-0.4, -0.2) is 22.7 Å². The number of thioether (sulfide) groups is 1. The van der Waals surface area contributed by atoms with Crippen LogP contribution in [0.15, 0.2) is 29.2 Å². The van der Waals surface area contributed by atoms with E-state index in [0.717, 1.165) is 4.90 Å². The number of carbonyl (C=O) groups is 1. The van der Waals surface area contributed by atoms with E-state index in [-0.39, 0.29) is 16.8 Å². The van der Waals surface area contributed by atoms with Crippen molar-refractivity contribution in [2.24, 2.45) is 0 Å². The third-order valence-corrected chi connectivity index (χ3v) is 3.16. The van der Waals surface area contributed by atoms with E-state index in [9.17, 15) is 14.9 Å². The van der Waals surface area contributed by atoms with Gasteiger partial charge in [0.05, 0.1) is 16.8 Å². The highest BCUT2D eigenvalue weighted by atomic mass is 32.2. The first kappa shape index (κ1) is 14.5. The van der Waals surface area contributed by atoms with Gasteiger partial charge in [-0.3, -0.25) is 19.7 Å². The average Bonchev–Trinajstić information content (AvgIpc) is 2.36. The molecular formula is C11H14N2O4S. The summed E-state index contributed by atoms with van der Waals surface area (Å²) in [6.45, 7) is 3.91. The number of hydroxylamine groups is 1. The third kappa shape index (κ3) is 4.34. The molecule has 0 unspecified atom stereocenters. The van der Waals surface area contributed by atoms with Crippen LogP contribution >= 0.6 is 11.8 Å². The number of amides is 1. The Morgan fingerprint density at radius 3 is 2.61 bits per heavy atom. The maximum Gasteiger partial charge on any atom is 0.269 e. The van der Waals surface area contributed by atoms with E-state index in [4.69, 9.17) is 4.84 Å². The Labute approximate surface area is 109 Å². The number of rotatable bonds is 6. The maximum absolute atomic E-state index is 11.5. The highest BCUT2D eigenvalue weighted by Crippen LogP contribution is 2.25. The smallest absolute Gasteiger partial charge is 0.269 e. The summed E-state index contributed by atoms with van der Waals surface area (Å²) in [5, 5.41) is 10.1. The molecule has 1 atom stereocenters. The zero-order chi connectivity index (χ0) is 13.5. The number of carbonyl (C=O) groups excluding carboxylic acids is 1. The Kier molecular flexibility index (Phi) is 5.60. The van der Waals surface area contributed by atoms with Gasteiger partial charge in [0.1, 0.15) is 0 Å². The number of nitro groups is 1. The summed E-state index contributed by atoms with van der Waals surface area (Å²) in [6.07, 6.45) is 0. The van der Waals surface area contributed by atoms with Gasteiger partial charge in [-0.2, -0.15) is 0 Å². The quantitative estimate of drug-likeness (QED) is 0.486. The molecule has 0 spiro atoms. The van der Waals surface area contributed by atoms with E-state index < -0.39 is 4.92 Å². The number of non-ortho nitro benzene ring substituents is 1. The van der Waals surface area contributed by atoms with Crippen LogP contribution in [0.5, 0.6) is 0 Å². The summed E-state index contributed by atoms with van der Waals surface area (Å²) in [6, 6.07) is 6.06. The molecule has 0 aliphatic carbocycles. The predicted molar refractivity (Wildman–Crippen MR) is 68.2 cm³/mol. The Morgan fingerprint density at radius 2 is 2.11 bits per heavy atom. The maximum atomic E-state index is 11.5. The predicted octanol–water partition coefficient (Wildman–Crippen LogP) is 2.14. The molecule has 0 radical (unpaired) electrons. The topological polar surface area (TPSA) is 81.5 Å². The van der Waals surface area contributed by atoms with Gasteiger partial charge in [-0.25, -0.2) is 5.48 Å². The number of hydrogen-bond donors (Lipinski definition) is 1. The molecule has 1 rings (SSSR count).